The number of benzene rings is 1. The van der Waals surface area contributed by atoms with E-state index in [0.29, 0.717) is 23.5 Å². The number of carbonyl (C=O) groups is 1. The Balaban J connectivity index is 2.14. The van der Waals surface area contributed by atoms with Crippen molar-refractivity contribution >= 4 is 28.4 Å². The van der Waals surface area contributed by atoms with Crippen molar-refractivity contribution in [3.05, 3.63) is 53.3 Å². The van der Waals surface area contributed by atoms with E-state index in [9.17, 15) is 4.79 Å². The van der Waals surface area contributed by atoms with E-state index in [1.54, 1.807) is 14.0 Å². The Morgan fingerprint density at radius 1 is 1.19 bits per heavy atom. The van der Waals surface area contributed by atoms with E-state index in [1.807, 2.05) is 44.2 Å². The van der Waals surface area contributed by atoms with Gasteiger partial charge in [-0.1, -0.05) is 0 Å². The normalized spacial score (nSPS) is 10.6. The van der Waals surface area contributed by atoms with E-state index in [0.717, 1.165) is 28.1 Å². The molecule has 3 aromatic rings. The third-order valence-corrected chi connectivity index (χ3v) is 4.06. The number of methoxy groups -OCH3 is 1. The summed E-state index contributed by atoms with van der Waals surface area (Å²) in [6.07, 6.45) is 1.51. The maximum Gasteiger partial charge on any atom is 0.341 e. The summed E-state index contributed by atoms with van der Waals surface area (Å²) < 4.78 is 10.4. The van der Waals surface area contributed by atoms with E-state index in [-0.39, 0.29) is 0 Å². The first kappa shape index (κ1) is 17.7. The molecule has 0 unspecified atom stereocenters. The highest BCUT2D eigenvalue weighted by atomic mass is 16.5. The van der Waals surface area contributed by atoms with Crippen LogP contribution in [0.5, 0.6) is 5.75 Å². The van der Waals surface area contributed by atoms with Gasteiger partial charge >= 0.3 is 5.97 Å². The standard InChI is InChI=1S/C20H21N3O3/c1-5-26-20(24)16-11-21-19-15(8-6-13(3)22-19)18(16)23-17-9-7-14(25-4)10-12(17)2/h6-11H,5H2,1-4H3,(H,21,22,23). The number of nitrogens with one attached hydrogen (secondary N) is 1. The van der Waals surface area contributed by atoms with Gasteiger partial charge < -0.3 is 14.8 Å². The molecule has 6 heteroatoms. The maximum atomic E-state index is 12.4. The molecule has 0 atom stereocenters. The Bertz CT molecular complexity index is 970. The number of nitrogens with zero attached hydrogens (tertiary/aromatic N) is 2. The van der Waals surface area contributed by atoms with Gasteiger partial charge in [-0.25, -0.2) is 14.8 Å². The molecule has 0 aliphatic carbocycles. The molecule has 2 aromatic heterocycles. The van der Waals surface area contributed by atoms with Crippen LogP contribution >= 0.6 is 0 Å². The largest absolute Gasteiger partial charge is 0.497 e. The van der Waals surface area contributed by atoms with Crippen LogP contribution in [0.1, 0.15) is 28.5 Å². The van der Waals surface area contributed by atoms with Gasteiger partial charge in [0.25, 0.3) is 0 Å². The second kappa shape index (κ2) is 7.39. The van der Waals surface area contributed by atoms with Crippen LogP contribution in [-0.2, 0) is 4.74 Å². The number of hydrogen-bond donors (Lipinski definition) is 1. The number of fused-ring (bicyclic) bond motifs is 1. The van der Waals surface area contributed by atoms with Crippen LogP contribution in [0.15, 0.2) is 36.5 Å². The van der Waals surface area contributed by atoms with Crippen molar-refractivity contribution < 1.29 is 14.3 Å². The van der Waals surface area contributed by atoms with Gasteiger partial charge in [0, 0.05) is 23.0 Å². The summed E-state index contributed by atoms with van der Waals surface area (Å²) in [6, 6.07) is 9.51. The molecule has 0 saturated heterocycles. The van der Waals surface area contributed by atoms with Gasteiger partial charge in [-0.05, 0) is 56.7 Å². The smallest absolute Gasteiger partial charge is 0.341 e. The van der Waals surface area contributed by atoms with E-state index in [1.165, 1.54) is 6.20 Å². The molecule has 0 aliphatic rings. The summed E-state index contributed by atoms with van der Waals surface area (Å²) in [5.74, 6) is 0.353. The van der Waals surface area contributed by atoms with Crippen molar-refractivity contribution in [3.8, 4) is 5.75 Å². The van der Waals surface area contributed by atoms with Gasteiger partial charge in [-0.3, -0.25) is 0 Å². The summed E-state index contributed by atoms with van der Waals surface area (Å²) in [4.78, 5) is 21.2. The average Bonchev–Trinajstić information content (AvgIpc) is 2.63. The van der Waals surface area contributed by atoms with Gasteiger partial charge in [0.2, 0.25) is 0 Å². The molecule has 1 aromatic carbocycles. The summed E-state index contributed by atoms with van der Waals surface area (Å²) in [5.41, 5.74) is 4.30. The highest BCUT2D eigenvalue weighted by Crippen LogP contribution is 2.31. The monoisotopic (exact) mass is 351 g/mol. The third-order valence-electron chi connectivity index (χ3n) is 4.06. The van der Waals surface area contributed by atoms with Crippen molar-refractivity contribution in [3.63, 3.8) is 0 Å². The third kappa shape index (κ3) is 3.44. The summed E-state index contributed by atoms with van der Waals surface area (Å²) in [7, 11) is 1.63. The number of anilines is 2. The fraction of sp³-hybridized carbons (Fsp3) is 0.250. The highest BCUT2D eigenvalue weighted by molar-refractivity contribution is 6.05. The number of aromatic nitrogens is 2. The second-order valence-electron chi connectivity index (χ2n) is 5.90. The first-order valence-electron chi connectivity index (χ1n) is 8.38. The number of carbonyl (C=O) groups excluding carboxylic acids is 1. The molecule has 0 amide bonds. The van der Waals surface area contributed by atoms with Crippen LogP contribution in [0.3, 0.4) is 0 Å². The predicted octanol–water partition coefficient (Wildman–Crippen LogP) is 4.18. The van der Waals surface area contributed by atoms with Gasteiger partial charge in [-0.2, -0.15) is 0 Å². The predicted molar refractivity (Wildman–Crippen MR) is 101 cm³/mol. The molecule has 26 heavy (non-hydrogen) atoms. The van der Waals surface area contributed by atoms with Crippen LogP contribution in [0, 0.1) is 13.8 Å². The Morgan fingerprint density at radius 3 is 2.69 bits per heavy atom. The van der Waals surface area contributed by atoms with Gasteiger partial charge in [-0.15, -0.1) is 0 Å². The number of rotatable bonds is 5. The molecular weight excluding hydrogens is 330 g/mol. The Kier molecular flexibility index (Phi) is 5.02. The van der Waals surface area contributed by atoms with Gasteiger partial charge in [0.05, 0.1) is 19.4 Å². The minimum absolute atomic E-state index is 0.296. The van der Waals surface area contributed by atoms with Gasteiger partial charge in [0.1, 0.15) is 11.3 Å². The van der Waals surface area contributed by atoms with Crippen LogP contribution in [0.25, 0.3) is 11.0 Å². The van der Waals surface area contributed by atoms with Crippen LogP contribution in [0.4, 0.5) is 11.4 Å². The molecule has 0 saturated carbocycles. The van der Waals surface area contributed by atoms with Crippen LogP contribution < -0.4 is 10.1 Å². The zero-order valence-corrected chi connectivity index (χ0v) is 15.3. The molecule has 0 fully saturated rings. The molecule has 2 heterocycles. The lowest BCUT2D eigenvalue weighted by Gasteiger charge is -2.16. The fourth-order valence-electron chi connectivity index (χ4n) is 2.71. The first-order chi connectivity index (χ1) is 12.5. The molecule has 0 radical (unpaired) electrons. The Morgan fingerprint density at radius 2 is 2.00 bits per heavy atom. The SMILES string of the molecule is CCOC(=O)c1cnc2nc(C)ccc2c1Nc1ccc(OC)cc1C. The fourth-order valence-corrected chi connectivity index (χ4v) is 2.71. The number of pyridine rings is 2. The van der Waals surface area contributed by atoms with Crippen LogP contribution in [-0.4, -0.2) is 29.7 Å². The lowest BCUT2D eigenvalue weighted by molar-refractivity contribution is 0.0527. The minimum Gasteiger partial charge on any atom is -0.497 e. The van der Waals surface area contributed by atoms with Crippen LogP contribution in [0.2, 0.25) is 0 Å². The van der Waals surface area contributed by atoms with Crippen molar-refractivity contribution in [1.29, 1.82) is 0 Å². The molecule has 3 rings (SSSR count). The quantitative estimate of drug-likeness (QED) is 0.695. The highest BCUT2D eigenvalue weighted by Gasteiger charge is 2.18. The lowest BCUT2D eigenvalue weighted by atomic mass is 10.1. The van der Waals surface area contributed by atoms with Crippen molar-refractivity contribution in [1.82, 2.24) is 9.97 Å². The second-order valence-corrected chi connectivity index (χ2v) is 5.90. The maximum absolute atomic E-state index is 12.4. The van der Waals surface area contributed by atoms with E-state index in [2.05, 4.69) is 15.3 Å². The minimum atomic E-state index is -0.420. The average molecular weight is 351 g/mol. The zero-order valence-electron chi connectivity index (χ0n) is 15.3. The summed E-state index contributed by atoms with van der Waals surface area (Å²) in [5, 5.41) is 4.12. The summed E-state index contributed by atoms with van der Waals surface area (Å²) >= 11 is 0. The number of hydrogen-bond acceptors (Lipinski definition) is 6. The van der Waals surface area contributed by atoms with Crippen molar-refractivity contribution in [2.75, 3.05) is 19.0 Å². The molecule has 0 aliphatic heterocycles. The number of aryl methyl sites for hydroxylation is 2. The Labute approximate surface area is 152 Å². The molecule has 134 valence electrons. The Hall–Kier alpha value is -3.15. The van der Waals surface area contributed by atoms with E-state index in [4.69, 9.17) is 9.47 Å². The zero-order chi connectivity index (χ0) is 18.7. The van der Waals surface area contributed by atoms with Crippen molar-refractivity contribution in [2.45, 2.75) is 20.8 Å². The molecule has 0 bridgehead atoms. The van der Waals surface area contributed by atoms with Crippen molar-refractivity contribution in [2.24, 2.45) is 0 Å². The first-order valence-corrected chi connectivity index (χ1v) is 8.38. The lowest BCUT2D eigenvalue weighted by Crippen LogP contribution is -2.10. The van der Waals surface area contributed by atoms with E-state index >= 15 is 0 Å². The molecule has 0 spiro atoms. The number of ether oxygens (including phenoxy) is 2. The van der Waals surface area contributed by atoms with E-state index < -0.39 is 5.97 Å². The molecular formula is C20H21N3O3. The molecule has 6 nitrogen and oxygen atoms in total. The summed E-state index contributed by atoms with van der Waals surface area (Å²) in [6.45, 7) is 5.95. The van der Waals surface area contributed by atoms with Gasteiger partial charge in [0.15, 0.2) is 5.65 Å². The topological polar surface area (TPSA) is 73.3 Å². The number of esters is 1. The molecule has 1 N–H and O–H groups in total.